The molecule has 0 fully saturated rings. The zero-order valence-corrected chi connectivity index (χ0v) is 13.4. The van der Waals surface area contributed by atoms with E-state index in [0.29, 0.717) is 22.3 Å². The molecule has 6 heteroatoms. The van der Waals surface area contributed by atoms with Crippen LogP contribution in [0.25, 0.3) is 0 Å². The van der Waals surface area contributed by atoms with Gasteiger partial charge < -0.3 is 10.0 Å². The molecule has 1 aromatic heterocycles. The molecule has 21 heavy (non-hydrogen) atoms. The summed E-state index contributed by atoms with van der Waals surface area (Å²) in [6.45, 7) is 0.330. The van der Waals surface area contributed by atoms with E-state index in [9.17, 15) is 14.7 Å². The lowest BCUT2D eigenvalue weighted by Gasteiger charge is -2.34. The fourth-order valence-electron chi connectivity index (χ4n) is 2.53. The monoisotopic (exact) mass is 365 g/mol. The molecule has 4 nitrogen and oxygen atoms in total. The van der Waals surface area contributed by atoms with Gasteiger partial charge in [0.25, 0.3) is 5.91 Å². The first-order valence-electron chi connectivity index (χ1n) is 6.41. The van der Waals surface area contributed by atoms with E-state index in [-0.39, 0.29) is 5.91 Å². The van der Waals surface area contributed by atoms with E-state index < -0.39 is 12.0 Å². The average Bonchev–Trinajstić information content (AvgIpc) is 2.91. The molecule has 1 atom stereocenters. The molecule has 0 spiro atoms. The number of carbonyl (C=O) groups excluding carboxylic acids is 1. The highest BCUT2D eigenvalue weighted by molar-refractivity contribution is 9.10. The standard InChI is InChI=1S/C15H12BrNO3S/c16-11-5-6-21-13(11)14(18)17-8-10-4-2-1-3-9(10)7-12(17)15(19)20/h1-6,12H,7-8H2,(H,19,20)/t12-/m1/s1. The van der Waals surface area contributed by atoms with Crippen molar-refractivity contribution in [3.8, 4) is 0 Å². The lowest BCUT2D eigenvalue weighted by atomic mass is 9.94. The van der Waals surface area contributed by atoms with Crippen molar-refractivity contribution < 1.29 is 14.7 Å². The van der Waals surface area contributed by atoms with Gasteiger partial charge in [-0.25, -0.2) is 4.79 Å². The molecule has 1 aliphatic rings. The summed E-state index contributed by atoms with van der Waals surface area (Å²) < 4.78 is 0.709. The van der Waals surface area contributed by atoms with Crippen molar-refractivity contribution in [1.82, 2.24) is 4.90 Å². The van der Waals surface area contributed by atoms with Gasteiger partial charge in [0.2, 0.25) is 0 Å². The number of hydrogen-bond donors (Lipinski definition) is 1. The van der Waals surface area contributed by atoms with E-state index >= 15 is 0 Å². The first-order chi connectivity index (χ1) is 10.1. The normalized spacial score (nSPS) is 17.4. The number of thiophene rings is 1. The molecule has 1 aromatic carbocycles. The van der Waals surface area contributed by atoms with Crippen molar-refractivity contribution in [3.05, 3.63) is 56.2 Å². The summed E-state index contributed by atoms with van der Waals surface area (Å²) in [5.74, 6) is -1.20. The summed E-state index contributed by atoms with van der Waals surface area (Å²) in [5, 5.41) is 11.3. The Kier molecular flexibility index (Phi) is 3.82. The average molecular weight is 366 g/mol. The fourth-order valence-corrected chi connectivity index (χ4v) is 4.03. The summed E-state index contributed by atoms with van der Waals surface area (Å²) in [7, 11) is 0. The summed E-state index contributed by atoms with van der Waals surface area (Å²) >= 11 is 4.65. The first-order valence-corrected chi connectivity index (χ1v) is 8.08. The largest absolute Gasteiger partial charge is 0.480 e. The van der Waals surface area contributed by atoms with Gasteiger partial charge in [-0.1, -0.05) is 24.3 Å². The minimum atomic E-state index is -0.967. The number of carbonyl (C=O) groups is 2. The summed E-state index contributed by atoms with van der Waals surface area (Å²) in [6, 6.07) is 8.65. The van der Waals surface area contributed by atoms with Crippen molar-refractivity contribution in [3.63, 3.8) is 0 Å². The molecule has 1 aliphatic heterocycles. The summed E-state index contributed by atoms with van der Waals surface area (Å²) in [5.41, 5.74) is 2.01. The van der Waals surface area contributed by atoms with Gasteiger partial charge in [0.1, 0.15) is 10.9 Å². The molecule has 0 unspecified atom stereocenters. The predicted molar refractivity (Wildman–Crippen MR) is 83.5 cm³/mol. The lowest BCUT2D eigenvalue weighted by molar-refractivity contribution is -0.142. The van der Waals surface area contributed by atoms with Crippen molar-refractivity contribution in [2.24, 2.45) is 0 Å². The number of aliphatic carboxylic acids is 1. The Labute approximate surface area is 134 Å². The number of amides is 1. The van der Waals surface area contributed by atoms with E-state index in [1.165, 1.54) is 16.2 Å². The third kappa shape index (κ3) is 2.61. The van der Waals surface area contributed by atoms with Crippen molar-refractivity contribution in [1.29, 1.82) is 0 Å². The number of rotatable bonds is 2. The van der Waals surface area contributed by atoms with Crippen LogP contribution in [0, 0.1) is 0 Å². The minimum Gasteiger partial charge on any atom is -0.480 e. The highest BCUT2D eigenvalue weighted by atomic mass is 79.9. The third-order valence-corrected chi connectivity index (χ3v) is 5.43. The topological polar surface area (TPSA) is 57.6 Å². The Morgan fingerprint density at radius 3 is 2.57 bits per heavy atom. The van der Waals surface area contributed by atoms with Gasteiger partial charge in [-0.3, -0.25) is 4.79 Å². The smallest absolute Gasteiger partial charge is 0.326 e. The highest BCUT2D eigenvalue weighted by Crippen LogP contribution is 2.29. The van der Waals surface area contributed by atoms with E-state index in [2.05, 4.69) is 15.9 Å². The van der Waals surface area contributed by atoms with Gasteiger partial charge in [-0.2, -0.15) is 0 Å². The third-order valence-electron chi connectivity index (χ3n) is 3.61. The number of nitrogens with zero attached hydrogens (tertiary/aromatic N) is 1. The highest BCUT2D eigenvalue weighted by Gasteiger charge is 2.35. The molecule has 0 bridgehead atoms. The molecule has 2 heterocycles. The maximum absolute atomic E-state index is 12.6. The van der Waals surface area contributed by atoms with E-state index in [4.69, 9.17) is 0 Å². The van der Waals surface area contributed by atoms with Gasteiger partial charge in [-0.05, 0) is 38.5 Å². The van der Waals surface area contributed by atoms with E-state index in [0.717, 1.165) is 11.1 Å². The van der Waals surface area contributed by atoms with Crippen LogP contribution in [0.15, 0.2) is 40.2 Å². The number of hydrogen-bond acceptors (Lipinski definition) is 3. The number of carboxylic acids is 1. The number of fused-ring (bicyclic) bond motifs is 1. The van der Waals surface area contributed by atoms with Crippen LogP contribution in [0.1, 0.15) is 20.8 Å². The van der Waals surface area contributed by atoms with Crippen molar-refractivity contribution in [2.75, 3.05) is 0 Å². The molecule has 0 saturated carbocycles. The molecule has 2 aromatic rings. The number of benzene rings is 1. The van der Waals surface area contributed by atoms with Crippen LogP contribution in [0.2, 0.25) is 0 Å². The molecule has 1 N–H and O–H groups in total. The SMILES string of the molecule is O=C(O)[C@H]1Cc2ccccc2CN1C(=O)c1sccc1Br. The summed E-state index contributed by atoms with van der Waals surface area (Å²) in [6.07, 6.45) is 0.347. The Morgan fingerprint density at radius 1 is 1.24 bits per heavy atom. The Balaban J connectivity index is 1.98. The van der Waals surface area contributed by atoms with E-state index in [1.54, 1.807) is 6.07 Å². The van der Waals surface area contributed by atoms with Crippen molar-refractivity contribution in [2.45, 2.75) is 19.0 Å². The number of halogens is 1. The quantitative estimate of drug-likeness (QED) is 0.888. The van der Waals surface area contributed by atoms with Gasteiger partial charge in [0.05, 0.1) is 0 Å². The minimum absolute atomic E-state index is 0.237. The fraction of sp³-hybridized carbons (Fsp3) is 0.200. The summed E-state index contributed by atoms with van der Waals surface area (Å²) in [4.78, 5) is 26.2. The number of carboxylic acid groups (broad SMARTS) is 1. The van der Waals surface area contributed by atoms with Crippen LogP contribution in [-0.2, 0) is 17.8 Å². The van der Waals surface area contributed by atoms with Gasteiger partial charge in [-0.15, -0.1) is 11.3 Å². The van der Waals surface area contributed by atoms with Crippen LogP contribution in [0.3, 0.4) is 0 Å². The zero-order valence-electron chi connectivity index (χ0n) is 11.0. The van der Waals surface area contributed by atoms with Gasteiger partial charge >= 0.3 is 5.97 Å². The van der Waals surface area contributed by atoms with Gasteiger partial charge in [0, 0.05) is 17.4 Å². The molecule has 108 valence electrons. The molecular weight excluding hydrogens is 354 g/mol. The Morgan fingerprint density at radius 2 is 1.95 bits per heavy atom. The second-order valence-corrected chi connectivity index (χ2v) is 6.63. The predicted octanol–water partition coefficient (Wildman–Crippen LogP) is 3.16. The first kappa shape index (κ1) is 14.3. The molecule has 0 aliphatic carbocycles. The molecule has 3 rings (SSSR count). The van der Waals surface area contributed by atoms with Crippen molar-refractivity contribution >= 4 is 39.1 Å². The second-order valence-electron chi connectivity index (χ2n) is 4.86. The second kappa shape index (κ2) is 5.61. The molecule has 1 amide bonds. The van der Waals surface area contributed by atoms with Gasteiger partial charge in [0.15, 0.2) is 0 Å². The van der Waals surface area contributed by atoms with Crippen LogP contribution < -0.4 is 0 Å². The zero-order chi connectivity index (χ0) is 15.0. The Hall–Kier alpha value is -1.66. The molecule has 0 radical (unpaired) electrons. The van der Waals surface area contributed by atoms with Crippen LogP contribution >= 0.6 is 27.3 Å². The maximum atomic E-state index is 12.6. The van der Waals surface area contributed by atoms with E-state index in [1.807, 2.05) is 29.6 Å². The van der Waals surface area contributed by atoms with Crippen LogP contribution in [0.5, 0.6) is 0 Å². The maximum Gasteiger partial charge on any atom is 0.326 e. The lowest BCUT2D eigenvalue weighted by Crippen LogP contribution is -2.48. The van der Waals surface area contributed by atoms with Crippen LogP contribution in [0.4, 0.5) is 0 Å². The Bertz CT molecular complexity index is 712. The molecule has 0 saturated heterocycles. The van der Waals surface area contributed by atoms with Crippen LogP contribution in [-0.4, -0.2) is 27.9 Å². The molecular formula is C15H12BrNO3S.